The number of methoxy groups -OCH3 is 2. The van der Waals surface area contributed by atoms with Crippen LogP contribution in [0.5, 0.6) is 11.5 Å². The molecule has 3 aromatic rings. The summed E-state index contributed by atoms with van der Waals surface area (Å²) >= 11 is 5.57. The Kier molecular flexibility index (Phi) is 7.14. The van der Waals surface area contributed by atoms with Gasteiger partial charge in [0.1, 0.15) is 24.0 Å². The van der Waals surface area contributed by atoms with Gasteiger partial charge < -0.3 is 14.2 Å². The summed E-state index contributed by atoms with van der Waals surface area (Å²) in [5.41, 5.74) is 4.20. The third-order valence-electron chi connectivity index (χ3n) is 4.76. The summed E-state index contributed by atoms with van der Waals surface area (Å²) in [6, 6.07) is 23.9. The van der Waals surface area contributed by atoms with Gasteiger partial charge in [-0.15, -0.1) is 11.6 Å². The zero-order valence-corrected chi connectivity index (χ0v) is 17.2. The predicted molar refractivity (Wildman–Crippen MR) is 114 cm³/mol. The van der Waals surface area contributed by atoms with Crippen LogP contribution >= 0.6 is 11.6 Å². The van der Waals surface area contributed by atoms with Gasteiger partial charge in [-0.1, -0.05) is 48.5 Å². The van der Waals surface area contributed by atoms with Crippen LogP contribution in [-0.2, 0) is 16.1 Å². The molecule has 0 aromatic heterocycles. The molecule has 3 aromatic carbocycles. The van der Waals surface area contributed by atoms with E-state index in [-0.39, 0.29) is 18.4 Å². The fourth-order valence-electron chi connectivity index (χ4n) is 3.29. The molecular formula is C24H23ClO4. The molecule has 0 N–H and O–H groups in total. The highest BCUT2D eigenvalue weighted by Crippen LogP contribution is 2.35. The van der Waals surface area contributed by atoms with E-state index >= 15 is 0 Å². The van der Waals surface area contributed by atoms with Gasteiger partial charge in [0.15, 0.2) is 0 Å². The molecule has 150 valence electrons. The molecule has 0 aliphatic heterocycles. The summed E-state index contributed by atoms with van der Waals surface area (Å²) in [5.74, 6) is 0.950. The second-order valence-electron chi connectivity index (χ2n) is 6.47. The van der Waals surface area contributed by atoms with Crippen LogP contribution in [0.3, 0.4) is 0 Å². The number of hydrogen-bond acceptors (Lipinski definition) is 4. The van der Waals surface area contributed by atoms with Crippen molar-refractivity contribution in [2.75, 3.05) is 20.1 Å². The highest BCUT2D eigenvalue weighted by Gasteiger charge is 2.20. The Morgan fingerprint density at radius 3 is 1.83 bits per heavy atom. The molecule has 0 fully saturated rings. The van der Waals surface area contributed by atoms with E-state index in [1.807, 2.05) is 42.5 Å². The van der Waals surface area contributed by atoms with Gasteiger partial charge in [-0.3, -0.25) is 4.79 Å². The molecule has 0 amide bonds. The van der Waals surface area contributed by atoms with Crippen LogP contribution in [0.25, 0.3) is 0 Å². The summed E-state index contributed by atoms with van der Waals surface area (Å²) in [5, 5.41) is 0. The van der Waals surface area contributed by atoms with Gasteiger partial charge in [-0.05, 0) is 46.5 Å². The maximum atomic E-state index is 11.6. The third kappa shape index (κ3) is 5.09. The Morgan fingerprint density at radius 2 is 1.34 bits per heavy atom. The van der Waals surface area contributed by atoms with Gasteiger partial charge in [0, 0.05) is 5.92 Å². The quantitative estimate of drug-likeness (QED) is 0.292. The van der Waals surface area contributed by atoms with E-state index in [9.17, 15) is 4.79 Å². The van der Waals surface area contributed by atoms with Crippen molar-refractivity contribution < 1.29 is 19.0 Å². The van der Waals surface area contributed by atoms with E-state index in [1.165, 1.54) is 0 Å². The van der Waals surface area contributed by atoms with Crippen molar-refractivity contribution in [1.29, 1.82) is 0 Å². The van der Waals surface area contributed by atoms with Crippen molar-refractivity contribution in [3.05, 3.63) is 95.1 Å². The Balaban J connectivity index is 2.06. The Morgan fingerprint density at radius 1 is 0.828 bits per heavy atom. The van der Waals surface area contributed by atoms with E-state index in [2.05, 4.69) is 30.3 Å². The first-order chi connectivity index (χ1) is 14.2. The average Bonchev–Trinajstić information content (AvgIpc) is 2.79. The molecule has 5 heteroatoms. The molecule has 3 rings (SSSR count). The van der Waals surface area contributed by atoms with E-state index in [1.54, 1.807) is 14.2 Å². The number of carbonyl (C=O) groups excluding carboxylic acids is 1. The van der Waals surface area contributed by atoms with Crippen LogP contribution in [-0.4, -0.2) is 26.1 Å². The van der Waals surface area contributed by atoms with Gasteiger partial charge in [-0.25, -0.2) is 0 Å². The highest BCUT2D eigenvalue weighted by molar-refractivity contribution is 6.26. The minimum atomic E-state index is -0.438. The molecule has 0 radical (unpaired) electrons. The fraction of sp³-hybridized carbons (Fsp3) is 0.208. The number of ether oxygens (including phenoxy) is 3. The number of halogens is 1. The summed E-state index contributed by atoms with van der Waals surface area (Å²) in [6.07, 6.45) is 0. The van der Waals surface area contributed by atoms with Crippen LogP contribution in [0.2, 0.25) is 0 Å². The van der Waals surface area contributed by atoms with Gasteiger partial charge in [0.05, 0.1) is 14.2 Å². The summed E-state index contributed by atoms with van der Waals surface area (Å²) in [4.78, 5) is 11.6. The molecule has 4 nitrogen and oxygen atoms in total. The molecule has 0 bridgehead atoms. The minimum Gasteiger partial charge on any atom is -0.497 e. The SMILES string of the molecule is COc1ccc(C(c2ccc(OC)cc2)c2ccccc2COC(=O)CCl)cc1. The number of esters is 1. The molecule has 0 atom stereocenters. The molecule has 0 spiro atoms. The van der Waals surface area contributed by atoms with Gasteiger partial charge in [0.25, 0.3) is 0 Å². The lowest BCUT2D eigenvalue weighted by Gasteiger charge is -2.22. The van der Waals surface area contributed by atoms with Crippen molar-refractivity contribution >= 4 is 17.6 Å². The fourth-order valence-corrected chi connectivity index (χ4v) is 3.37. The van der Waals surface area contributed by atoms with Crippen molar-refractivity contribution in [3.8, 4) is 11.5 Å². The first-order valence-electron chi connectivity index (χ1n) is 9.23. The van der Waals surface area contributed by atoms with E-state index in [0.717, 1.165) is 33.8 Å². The average molecular weight is 411 g/mol. The lowest BCUT2D eigenvalue weighted by molar-refractivity contribution is -0.141. The van der Waals surface area contributed by atoms with Gasteiger partial charge in [0.2, 0.25) is 0 Å². The molecular weight excluding hydrogens is 388 g/mol. The Hall–Kier alpha value is -2.98. The minimum absolute atomic E-state index is 0.0438. The van der Waals surface area contributed by atoms with Crippen LogP contribution in [0, 0.1) is 0 Å². The zero-order valence-electron chi connectivity index (χ0n) is 16.4. The summed E-state index contributed by atoms with van der Waals surface area (Å²) in [6.45, 7) is 0.171. The monoisotopic (exact) mass is 410 g/mol. The van der Waals surface area contributed by atoms with Crippen molar-refractivity contribution in [1.82, 2.24) is 0 Å². The normalized spacial score (nSPS) is 10.6. The lowest BCUT2D eigenvalue weighted by Crippen LogP contribution is -2.10. The maximum Gasteiger partial charge on any atom is 0.321 e. The lowest BCUT2D eigenvalue weighted by atomic mass is 9.83. The van der Waals surface area contributed by atoms with Crippen molar-refractivity contribution in [2.24, 2.45) is 0 Å². The predicted octanol–water partition coefficient (Wildman–Crippen LogP) is 5.17. The van der Waals surface area contributed by atoms with E-state index in [0.29, 0.717) is 0 Å². The van der Waals surface area contributed by atoms with Crippen LogP contribution in [0.1, 0.15) is 28.2 Å². The molecule has 0 saturated carbocycles. The first kappa shape index (κ1) is 20.7. The zero-order chi connectivity index (χ0) is 20.6. The van der Waals surface area contributed by atoms with E-state index in [4.69, 9.17) is 25.8 Å². The molecule has 0 aliphatic rings. The largest absolute Gasteiger partial charge is 0.497 e. The Labute approximate surface area is 176 Å². The number of benzene rings is 3. The Bertz CT molecular complexity index is 888. The van der Waals surface area contributed by atoms with Crippen molar-refractivity contribution in [2.45, 2.75) is 12.5 Å². The molecule has 0 unspecified atom stereocenters. The number of rotatable bonds is 8. The summed E-state index contributed by atoms with van der Waals surface area (Å²) < 4.78 is 15.9. The second-order valence-corrected chi connectivity index (χ2v) is 6.74. The third-order valence-corrected chi connectivity index (χ3v) is 4.98. The van der Waals surface area contributed by atoms with Crippen LogP contribution < -0.4 is 9.47 Å². The highest BCUT2D eigenvalue weighted by atomic mass is 35.5. The molecule has 0 aliphatic carbocycles. The molecule has 0 heterocycles. The number of carbonyl (C=O) groups is 1. The molecule has 29 heavy (non-hydrogen) atoms. The van der Waals surface area contributed by atoms with Crippen LogP contribution in [0.15, 0.2) is 72.8 Å². The second kappa shape index (κ2) is 9.99. The van der Waals surface area contributed by atoms with Crippen molar-refractivity contribution in [3.63, 3.8) is 0 Å². The maximum absolute atomic E-state index is 11.6. The first-order valence-corrected chi connectivity index (χ1v) is 9.77. The number of alkyl halides is 1. The topological polar surface area (TPSA) is 44.8 Å². The van der Waals surface area contributed by atoms with Crippen LogP contribution in [0.4, 0.5) is 0 Å². The number of hydrogen-bond donors (Lipinski definition) is 0. The smallest absolute Gasteiger partial charge is 0.321 e. The van der Waals surface area contributed by atoms with Gasteiger partial charge >= 0.3 is 5.97 Å². The van der Waals surface area contributed by atoms with E-state index < -0.39 is 5.97 Å². The summed E-state index contributed by atoms with van der Waals surface area (Å²) in [7, 11) is 3.30. The standard InChI is InChI=1S/C24H23ClO4/c1-27-20-11-7-17(8-12-20)24(18-9-13-21(28-2)14-10-18)22-6-4-3-5-19(22)16-29-23(26)15-25/h3-14,24H,15-16H2,1-2H3. The van der Waals surface area contributed by atoms with Gasteiger partial charge in [-0.2, -0.15) is 0 Å². The molecule has 0 saturated heterocycles.